The van der Waals surface area contributed by atoms with Crippen molar-refractivity contribution in [2.24, 2.45) is 0 Å². The SMILES string of the molecule is CC.CNC(=O)c1ccc(-c2ccc(C(F)(F)F)cc2)cc1. The lowest BCUT2D eigenvalue weighted by Crippen LogP contribution is -2.17. The lowest BCUT2D eigenvalue weighted by molar-refractivity contribution is -0.137. The molecule has 2 nitrogen and oxygen atoms in total. The van der Waals surface area contributed by atoms with Crippen molar-refractivity contribution >= 4 is 5.91 Å². The first-order chi connectivity index (χ1) is 10.4. The van der Waals surface area contributed by atoms with Gasteiger partial charge in [-0.2, -0.15) is 13.2 Å². The number of hydrogen-bond donors (Lipinski definition) is 1. The van der Waals surface area contributed by atoms with Crippen molar-refractivity contribution in [3.05, 3.63) is 59.7 Å². The molecule has 0 fully saturated rings. The summed E-state index contributed by atoms with van der Waals surface area (Å²) in [6.07, 6.45) is -4.33. The molecule has 0 unspecified atom stereocenters. The Morgan fingerprint density at radius 1 is 0.864 bits per heavy atom. The minimum atomic E-state index is -4.33. The molecule has 0 radical (unpaired) electrons. The number of carbonyl (C=O) groups is 1. The number of alkyl halides is 3. The molecule has 0 bridgehead atoms. The molecule has 22 heavy (non-hydrogen) atoms. The van der Waals surface area contributed by atoms with Gasteiger partial charge in [-0.3, -0.25) is 4.79 Å². The summed E-state index contributed by atoms with van der Waals surface area (Å²) in [7, 11) is 1.53. The smallest absolute Gasteiger partial charge is 0.355 e. The first-order valence-corrected chi connectivity index (χ1v) is 6.91. The molecule has 5 heteroatoms. The van der Waals surface area contributed by atoms with E-state index in [0.717, 1.165) is 17.7 Å². The first-order valence-electron chi connectivity index (χ1n) is 6.91. The standard InChI is InChI=1S/C15H12F3NO.C2H6/c1-19-14(20)12-4-2-10(3-5-12)11-6-8-13(9-7-11)15(16,17)18;1-2/h2-9H,1H3,(H,19,20);1-2H3. The van der Waals surface area contributed by atoms with Crippen LogP contribution in [0.25, 0.3) is 11.1 Å². The van der Waals surface area contributed by atoms with Gasteiger partial charge in [0.15, 0.2) is 0 Å². The average Bonchev–Trinajstić information content (AvgIpc) is 2.55. The first kappa shape index (κ1) is 17.8. The Kier molecular flexibility index (Phi) is 6.16. The summed E-state index contributed by atoms with van der Waals surface area (Å²) in [5.41, 5.74) is 1.25. The van der Waals surface area contributed by atoms with E-state index in [-0.39, 0.29) is 5.91 Å². The molecule has 0 atom stereocenters. The number of amides is 1. The molecule has 0 saturated carbocycles. The van der Waals surface area contributed by atoms with Crippen molar-refractivity contribution in [2.45, 2.75) is 20.0 Å². The molecule has 118 valence electrons. The van der Waals surface area contributed by atoms with E-state index in [9.17, 15) is 18.0 Å². The van der Waals surface area contributed by atoms with E-state index < -0.39 is 11.7 Å². The molecule has 2 aromatic carbocycles. The molecule has 0 aromatic heterocycles. The van der Waals surface area contributed by atoms with E-state index in [1.807, 2.05) is 13.8 Å². The minimum absolute atomic E-state index is 0.205. The zero-order valence-electron chi connectivity index (χ0n) is 12.7. The third-order valence-electron chi connectivity index (χ3n) is 2.92. The van der Waals surface area contributed by atoms with E-state index >= 15 is 0 Å². The van der Waals surface area contributed by atoms with Crippen molar-refractivity contribution in [1.82, 2.24) is 5.32 Å². The predicted molar refractivity (Wildman–Crippen MR) is 81.6 cm³/mol. The van der Waals surface area contributed by atoms with Crippen LogP contribution in [0.1, 0.15) is 29.8 Å². The quantitative estimate of drug-likeness (QED) is 0.851. The van der Waals surface area contributed by atoms with E-state index in [0.29, 0.717) is 11.1 Å². The summed E-state index contributed by atoms with van der Waals surface area (Å²) in [6, 6.07) is 11.6. The van der Waals surface area contributed by atoms with Crippen molar-refractivity contribution in [3.63, 3.8) is 0 Å². The highest BCUT2D eigenvalue weighted by Crippen LogP contribution is 2.30. The van der Waals surface area contributed by atoms with Gasteiger partial charge in [0.05, 0.1) is 5.56 Å². The molecule has 0 saturated heterocycles. The summed E-state index contributed by atoms with van der Waals surface area (Å²) in [5, 5.41) is 2.50. The second-order valence-corrected chi connectivity index (χ2v) is 4.23. The highest BCUT2D eigenvalue weighted by Gasteiger charge is 2.29. The van der Waals surface area contributed by atoms with Crippen LogP contribution >= 0.6 is 0 Å². The fraction of sp³-hybridized carbons (Fsp3) is 0.235. The molecular formula is C17H18F3NO. The summed E-state index contributed by atoms with van der Waals surface area (Å²) in [4.78, 5) is 11.4. The van der Waals surface area contributed by atoms with E-state index in [1.165, 1.54) is 19.2 Å². The van der Waals surface area contributed by atoms with Gasteiger partial charge in [0, 0.05) is 12.6 Å². The van der Waals surface area contributed by atoms with Crippen LogP contribution in [-0.4, -0.2) is 13.0 Å². The fourth-order valence-electron chi connectivity index (χ4n) is 1.81. The molecule has 0 heterocycles. The van der Waals surface area contributed by atoms with Crippen molar-refractivity contribution in [2.75, 3.05) is 7.05 Å². The van der Waals surface area contributed by atoms with Crippen LogP contribution in [0.15, 0.2) is 48.5 Å². The number of rotatable bonds is 2. The minimum Gasteiger partial charge on any atom is -0.355 e. The van der Waals surface area contributed by atoms with Gasteiger partial charge in [0.2, 0.25) is 0 Å². The van der Waals surface area contributed by atoms with E-state index in [1.54, 1.807) is 24.3 Å². The van der Waals surface area contributed by atoms with Gasteiger partial charge in [0.25, 0.3) is 5.91 Å². The topological polar surface area (TPSA) is 29.1 Å². The maximum absolute atomic E-state index is 12.5. The highest BCUT2D eigenvalue weighted by atomic mass is 19.4. The monoisotopic (exact) mass is 309 g/mol. The Labute approximate surface area is 128 Å². The zero-order valence-corrected chi connectivity index (χ0v) is 12.7. The van der Waals surface area contributed by atoms with Gasteiger partial charge in [-0.05, 0) is 35.4 Å². The van der Waals surface area contributed by atoms with Crippen molar-refractivity contribution in [1.29, 1.82) is 0 Å². The Balaban J connectivity index is 0.00000116. The number of carbonyl (C=O) groups excluding carboxylic acids is 1. The summed E-state index contributed by atoms with van der Waals surface area (Å²) < 4.78 is 37.4. The van der Waals surface area contributed by atoms with Gasteiger partial charge < -0.3 is 5.32 Å². The largest absolute Gasteiger partial charge is 0.416 e. The Hall–Kier alpha value is -2.30. The average molecular weight is 309 g/mol. The molecule has 0 aliphatic rings. The second-order valence-electron chi connectivity index (χ2n) is 4.23. The third-order valence-corrected chi connectivity index (χ3v) is 2.92. The van der Waals surface area contributed by atoms with Crippen LogP contribution in [0.4, 0.5) is 13.2 Å². The highest BCUT2D eigenvalue weighted by molar-refractivity contribution is 5.94. The van der Waals surface area contributed by atoms with Gasteiger partial charge in [-0.25, -0.2) is 0 Å². The van der Waals surface area contributed by atoms with Crippen LogP contribution < -0.4 is 5.32 Å². The van der Waals surface area contributed by atoms with Crippen molar-refractivity contribution < 1.29 is 18.0 Å². The van der Waals surface area contributed by atoms with Gasteiger partial charge in [-0.1, -0.05) is 38.1 Å². The van der Waals surface area contributed by atoms with Gasteiger partial charge in [-0.15, -0.1) is 0 Å². The molecule has 0 aliphatic carbocycles. The fourth-order valence-corrected chi connectivity index (χ4v) is 1.81. The van der Waals surface area contributed by atoms with Gasteiger partial charge >= 0.3 is 6.18 Å². The maximum atomic E-state index is 12.5. The van der Waals surface area contributed by atoms with E-state index in [2.05, 4.69) is 5.32 Å². The Morgan fingerprint density at radius 3 is 1.64 bits per heavy atom. The summed E-state index contributed by atoms with van der Waals surface area (Å²) in [6.45, 7) is 4.00. The molecule has 1 amide bonds. The number of benzene rings is 2. The molecular weight excluding hydrogens is 291 g/mol. The summed E-state index contributed by atoms with van der Waals surface area (Å²) in [5.74, 6) is -0.205. The molecule has 0 spiro atoms. The van der Waals surface area contributed by atoms with Gasteiger partial charge in [0.1, 0.15) is 0 Å². The number of nitrogens with one attached hydrogen (secondary N) is 1. The van der Waals surface area contributed by atoms with Crippen molar-refractivity contribution in [3.8, 4) is 11.1 Å². The lowest BCUT2D eigenvalue weighted by Gasteiger charge is -2.08. The number of halogens is 3. The van der Waals surface area contributed by atoms with Crippen LogP contribution in [0.2, 0.25) is 0 Å². The van der Waals surface area contributed by atoms with Crippen LogP contribution in [0, 0.1) is 0 Å². The number of hydrogen-bond acceptors (Lipinski definition) is 1. The maximum Gasteiger partial charge on any atom is 0.416 e. The molecule has 2 aromatic rings. The Bertz CT molecular complexity index is 601. The van der Waals surface area contributed by atoms with Crippen LogP contribution in [0.5, 0.6) is 0 Å². The molecule has 0 aliphatic heterocycles. The molecule has 2 rings (SSSR count). The predicted octanol–water partition coefficient (Wildman–Crippen LogP) is 4.76. The molecule has 1 N–H and O–H groups in total. The third kappa shape index (κ3) is 4.35. The van der Waals surface area contributed by atoms with Crippen LogP contribution in [-0.2, 0) is 6.18 Å². The summed E-state index contributed by atoms with van der Waals surface area (Å²) >= 11 is 0. The second kappa shape index (κ2) is 7.64. The van der Waals surface area contributed by atoms with Crippen LogP contribution in [0.3, 0.4) is 0 Å². The normalized spacial score (nSPS) is 10.5. The zero-order chi connectivity index (χ0) is 16.8. The Morgan fingerprint density at radius 2 is 1.27 bits per heavy atom. The lowest BCUT2D eigenvalue weighted by atomic mass is 10.0. The van der Waals surface area contributed by atoms with E-state index in [4.69, 9.17) is 0 Å².